The first-order chi connectivity index (χ1) is 12.8. The van der Waals surface area contributed by atoms with Crippen LogP contribution >= 0.6 is 11.3 Å². The predicted molar refractivity (Wildman–Crippen MR) is 89.0 cm³/mol. The van der Waals surface area contributed by atoms with E-state index < -0.39 is 16.8 Å². The summed E-state index contributed by atoms with van der Waals surface area (Å²) in [6.45, 7) is 0. The Morgan fingerprint density at radius 1 is 1.11 bits per heavy atom. The van der Waals surface area contributed by atoms with E-state index in [0.717, 1.165) is 11.3 Å². The van der Waals surface area contributed by atoms with Gasteiger partial charge in [-0.25, -0.2) is 15.0 Å². The highest BCUT2D eigenvalue weighted by molar-refractivity contribution is 7.18. The number of halogens is 3. The fourth-order valence-corrected chi connectivity index (χ4v) is 3.13. The van der Waals surface area contributed by atoms with Crippen molar-refractivity contribution in [2.75, 3.05) is 0 Å². The normalized spacial score (nSPS) is 11.8. The molecule has 4 rings (SSSR count). The lowest BCUT2D eigenvalue weighted by atomic mass is 10.1. The average Bonchev–Trinajstić information content (AvgIpc) is 3.28. The van der Waals surface area contributed by atoms with Gasteiger partial charge in [-0.15, -0.1) is 0 Å². The number of aromatic nitrogens is 5. The van der Waals surface area contributed by atoms with Gasteiger partial charge in [-0.2, -0.15) is 22.8 Å². The van der Waals surface area contributed by atoms with Crippen molar-refractivity contribution in [2.45, 2.75) is 6.18 Å². The fourth-order valence-electron chi connectivity index (χ4n) is 2.40. The molecular formula is C15H7F3N6O2S. The Labute approximate surface area is 152 Å². The van der Waals surface area contributed by atoms with E-state index in [2.05, 4.69) is 20.1 Å². The Kier molecular flexibility index (Phi) is 3.84. The molecule has 0 unspecified atom stereocenters. The van der Waals surface area contributed by atoms with Gasteiger partial charge in [0.25, 0.3) is 5.78 Å². The lowest BCUT2D eigenvalue weighted by Crippen LogP contribution is -2.11. The van der Waals surface area contributed by atoms with Crippen LogP contribution in [0.1, 0.15) is 5.69 Å². The summed E-state index contributed by atoms with van der Waals surface area (Å²) < 4.78 is 39.4. The Morgan fingerprint density at radius 2 is 1.89 bits per heavy atom. The first-order valence-corrected chi connectivity index (χ1v) is 8.13. The van der Waals surface area contributed by atoms with Gasteiger partial charge in [-0.3, -0.25) is 10.1 Å². The molecule has 3 aromatic heterocycles. The van der Waals surface area contributed by atoms with Crippen molar-refractivity contribution in [2.24, 2.45) is 0 Å². The molecule has 0 saturated heterocycles. The van der Waals surface area contributed by atoms with Crippen molar-refractivity contribution in [1.82, 2.24) is 24.6 Å². The minimum atomic E-state index is -4.61. The quantitative estimate of drug-likeness (QED) is 0.388. The second-order valence-electron chi connectivity index (χ2n) is 5.34. The van der Waals surface area contributed by atoms with Gasteiger partial charge in [0.05, 0.1) is 23.0 Å². The molecule has 0 bridgehead atoms. The van der Waals surface area contributed by atoms with Crippen LogP contribution in [0.3, 0.4) is 0 Å². The fraction of sp³-hybridized carbons (Fsp3) is 0.0667. The summed E-state index contributed by atoms with van der Waals surface area (Å²) in [7, 11) is 0. The molecule has 0 aliphatic rings. The summed E-state index contributed by atoms with van der Waals surface area (Å²) in [5, 5.41) is 15.0. The Hall–Kier alpha value is -3.41. The molecule has 0 saturated carbocycles. The zero-order valence-electron chi connectivity index (χ0n) is 13.1. The summed E-state index contributed by atoms with van der Waals surface area (Å²) in [5.41, 5.74) is 0.530. The molecule has 1 aromatic carbocycles. The van der Waals surface area contributed by atoms with Crippen LogP contribution in [-0.2, 0) is 6.18 Å². The van der Waals surface area contributed by atoms with Crippen LogP contribution in [0.2, 0.25) is 0 Å². The number of hydrogen-bond acceptors (Lipinski definition) is 7. The highest BCUT2D eigenvalue weighted by atomic mass is 32.1. The van der Waals surface area contributed by atoms with Crippen LogP contribution in [0.4, 0.5) is 18.2 Å². The summed E-state index contributed by atoms with van der Waals surface area (Å²) in [6.07, 6.45) is -1.45. The van der Waals surface area contributed by atoms with Gasteiger partial charge in [-0.05, 0) is 17.4 Å². The number of hydrogen-bond donors (Lipinski definition) is 0. The maximum atomic E-state index is 12.8. The van der Waals surface area contributed by atoms with Crippen LogP contribution in [0.25, 0.3) is 27.6 Å². The maximum absolute atomic E-state index is 12.8. The molecule has 0 aliphatic carbocycles. The smallest absolute Gasteiger partial charge is 0.257 e. The largest absolute Gasteiger partial charge is 0.435 e. The van der Waals surface area contributed by atoms with Gasteiger partial charge in [0.2, 0.25) is 0 Å². The summed E-state index contributed by atoms with van der Waals surface area (Å²) in [5.74, 6) is -0.185. The van der Waals surface area contributed by atoms with Gasteiger partial charge in [0, 0.05) is 11.1 Å². The standard InChI is InChI=1S/C15H7F3N6O2S/c16-15(17,18)11-6-21-23-10(5-20-14(23)22-11)8-2-1-3-9(4-8)13-19-7-12(27-13)24(25)26/h1-7H. The van der Waals surface area contributed by atoms with Gasteiger partial charge in [0.15, 0.2) is 5.69 Å². The SMILES string of the molecule is O=[N+]([O-])c1cnc(-c2cccc(-c3cnc4nc(C(F)(F)F)cnn34)c2)s1. The highest BCUT2D eigenvalue weighted by Crippen LogP contribution is 2.32. The number of nitrogens with zero attached hydrogens (tertiary/aromatic N) is 6. The summed E-state index contributed by atoms with van der Waals surface area (Å²) in [4.78, 5) is 21.7. The zero-order chi connectivity index (χ0) is 19.2. The molecule has 0 amide bonds. The molecular weight excluding hydrogens is 385 g/mol. The third-order valence-corrected chi connectivity index (χ3v) is 4.60. The monoisotopic (exact) mass is 392 g/mol. The highest BCUT2D eigenvalue weighted by Gasteiger charge is 2.33. The second-order valence-corrected chi connectivity index (χ2v) is 6.35. The lowest BCUT2D eigenvalue weighted by Gasteiger charge is -2.06. The third-order valence-electron chi connectivity index (χ3n) is 3.61. The summed E-state index contributed by atoms with van der Waals surface area (Å²) in [6, 6.07) is 6.84. The molecule has 3 heterocycles. The maximum Gasteiger partial charge on any atom is 0.435 e. The first-order valence-electron chi connectivity index (χ1n) is 7.32. The number of thiazole rings is 1. The average molecular weight is 392 g/mol. The lowest BCUT2D eigenvalue weighted by molar-refractivity contribution is -0.380. The Balaban J connectivity index is 1.76. The molecule has 0 spiro atoms. The van der Waals surface area contributed by atoms with E-state index in [1.165, 1.54) is 16.9 Å². The minimum Gasteiger partial charge on any atom is -0.257 e. The van der Waals surface area contributed by atoms with Crippen LogP contribution < -0.4 is 0 Å². The predicted octanol–water partition coefficient (Wildman–Crippen LogP) is 3.84. The van der Waals surface area contributed by atoms with Crippen molar-refractivity contribution >= 4 is 22.1 Å². The van der Waals surface area contributed by atoms with E-state index in [1.807, 2.05) is 0 Å². The van der Waals surface area contributed by atoms with E-state index in [9.17, 15) is 23.3 Å². The first kappa shape index (κ1) is 17.0. The molecule has 12 heteroatoms. The zero-order valence-corrected chi connectivity index (χ0v) is 13.9. The number of imidazole rings is 1. The van der Waals surface area contributed by atoms with Gasteiger partial charge >= 0.3 is 11.2 Å². The molecule has 0 aliphatic heterocycles. The molecule has 8 nitrogen and oxygen atoms in total. The number of rotatable bonds is 3. The van der Waals surface area contributed by atoms with E-state index in [1.54, 1.807) is 24.3 Å². The van der Waals surface area contributed by atoms with Crippen LogP contribution in [0.15, 0.2) is 42.9 Å². The van der Waals surface area contributed by atoms with Crippen LogP contribution in [0, 0.1) is 10.1 Å². The number of alkyl halides is 3. The van der Waals surface area contributed by atoms with Crippen molar-refractivity contribution in [3.8, 4) is 21.8 Å². The van der Waals surface area contributed by atoms with Crippen molar-refractivity contribution < 1.29 is 18.1 Å². The topological polar surface area (TPSA) is 99.1 Å². The van der Waals surface area contributed by atoms with Crippen molar-refractivity contribution in [1.29, 1.82) is 0 Å². The van der Waals surface area contributed by atoms with Crippen LogP contribution in [0.5, 0.6) is 0 Å². The number of fused-ring (bicyclic) bond motifs is 1. The van der Waals surface area contributed by atoms with Gasteiger partial charge < -0.3 is 0 Å². The van der Waals surface area contributed by atoms with E-state index in [-0.39, 0.29) is 10.8 Å². The Morgan fingerprint density at radius 3 is 2.59 bits per heavy atom. The molecule has 27 heavy (non-hydrogen) atoms. The third kappa shape index (κ3) is 3.10. The molecule has 0 fully saturated rings. The second kappa shape index (κ2) is 6.09. The molecule has 136 valence electrons. The van der Waals surface area contributed by atoms with Crippen LogP contribution in [-0.4, -0.2) is 29.5 Å². The molecule has 0 N–H and O–H groups in total. The molecule has 0 radical (unpaired) electrons. The summed E-state index contributed by atoms with van der Waals surface area (Å²) >= 11 is 0.923. The number of nitro groups is 1. The van der Waals surface area contributed by atoms with E-state index in [4.69, 9.17) is 0 Å². The van der Waals surface area contributed by atoms with E-state index >= 15 is 0 Å². The van der Waals surface area contributed by atoms with Crippen molar-refractivity contribution in [3.05, 3.63) is 58.7 Å². The van der Waals surface area contributed by atoms with E-state index in [0.29, 0.717) is 28.0 Å². The Bertz CT molecular complexity index is 1170. The molecule has 4 aromatic rings. The van der Waals surface area contributed by atoms with Gasteiger partial charge in [-0.1, -0.05) is 18.2 Å². The minimum absolute atomic E-state index is 0.0873. The molecule has 0 atom stereocenters. The van der Waals surface area contributed by atoms with Gasteiger partial charge in [0.1, 0.15) is 11.2 Å². The van der Waals surface area contributed by atoms with Crippen molar-refractivity contribution in [3.63, 3.8) is 0 Å². The number of benzene rings is 1.